The maximum atomic E-state index is 8.77. The first-order chi connectivity index (χ1) is 6.08. The Balaban J connectivity index is 0.000000424. The summed E-state index contributed by atoms with van der Waals surface area (Å²) in [4.78, 5) is 2.28. The molecule has 2 nitrogen and oxygen atoms in total. The van der Waals surface area contributed by atoms with Gasteiger partial charge in [0.2, 0.25) is 0 Å². The lowest BCUT2D eigenvalue weighted by molar-refractivity contribution is 0.186. The van der Waals surface area contributed by atoms with Gasteiger partial charge >= 0.3 is 0 Å². The van der Waals surface area contributed by atoms with Gasteiger partial charge in [0.05, 0.1) is 11.5 Å². The van der Waals surface area contributed by atoms with Gasteiger partial charge in [-0.25, -0.2) is 0 Å². The highest BCUT2D eigenvalue weighted by atomic mass is 15.1. The first-order valence-electron chi connectivity index (χ1n) is 5.17. The molecule has 0 amide bonds. The summed E-state index contributed by atoms with van der Waals surface area (Å²) in [5, 5.41) is 8.77. The van der Waals surface area contributed by atoms with Crippen molar-refractivity contribution < 1.29 is 0 Å². The second-order valence-electron chi connectivity index (χ2n) is 4.18. The molecule has 0 N–H and O–H groups in total. The van der Waals surface area contributed by atoms with Gasteiger partial charge in [0.15, 0.2) is 0 Å². The van der Waals surface area contributed by atoms with E-state index in [-0.39, 0.29) is 5.41 Å². The molecule has 0 aromatic heterocycles. The van der Waals surface area contributed by atoms with Gasteiger partial charge in [-0.15, -0.1) is 0 Å². The fourth-order valence-electron chi connectivity index (χ4n) is 1.22. The standard InChI is InChI=1S/C8H14N2.C3H8/c1-8(7-9)3-5-10(2)6-4-8;1-3-2/h3-6H2,1-2H3;3H2,1-2H3. The minimum atomic E-state index is -0.0352. The third kappa shape index (κ3) is 4.90. The van der Waals surface area contributed by atoms with E-state index < -0.39 is 0 Å². The molecule has 0 saturated carbocycles. The molecule has 0 aromatic rings. The number of hydrogen-bond acceptors (Lipinski definition) is 2. The van der Waals surface area contributed by atoms with Crippen molar-refractivity contribution in [1.82, 2.24) is 4.90 Å². The summed E-state index contributed by atoms with van der Waals surface area (Å²) in [6, 6.07) is 2.37. The lowest BCUT2D eigenvalue weighted by atomic mass is 9.82. The van der Waals surface area contributed by atoms with E-state index in [1.807, 2.05) is 0 Å². The van der Waals surface area contributed by atoms with Crippen LogP contribution in [-0.4, -0.2) is 25.0 Å². The smallest absolute Gasteiger partial charge is 0.0687 e. The maximum Gasteiger partial charge on any atom is 0.0687 e. The Morgan fingerprint density at radius 3 is 2.00 bits per heavy atom. The summed E-state index contributed by atoms with van der Waals surface area (Å²) in [6.45, 7) is 8.45. The largest absolute Gasteiger partial charge is 0.306 e. The van der Waals surface area contributed by atoms with E-state index in [0.717, 1.165) is 25.9 Å². The van der Waals surface area contributed by atoms with Crippen LogP contribution < -0.4 is 0 Å². The molecule has 1 aliphatic rings. The van der Waals surface area contributed by atoms with Crippen molar-refractivity contribution in [2.45, 2.75) is 40.0 Å². The van der Waals surface area contributed by atoms with E-state index in [9.17, 15) is 0 Å². The summed E-state index contributed by atoms with van der Waals surface area (Å²) >= 11 is 0. The van der Waals surface area contributed by atoms with Crippen molar-refractivity contribution in [3.05, 3.63) is 0 Å². The zero-order valence-corrected chi connectivity index (χ0v) is 9.43. The number of hydrogen-bond donors (Lipinski definition) is 0. The Hall–Kier alpha value is -0.550. The quantitative estimate of drug-likeness (QED) is 0.576. The molecule has 0 unspecified atom stereocenters. The van der Waals surface area contributed by atoms with Gasteiger partial charge in [0.25, 0.3) is 0 Å². The Kier molecular flexibility index (Phi) is 5.73. The summed E-state index contributed by atoms with van der Waals surface area (Å²) in [7, 11) is 2.11. The monoisotopic (exact) mass is 182 g/mol. The molecule has 1 aliphatic heterocycles. The van der Waals surface area contributed by atoms with Crippen molar-refractivity contribution in [3.8, 4) is 6.07 Å². The molecule has 1 saturated heterocycles. The van der Waals surface area contributed by atoms with E-state index in [4.69, 9.17) is 5.26 Å². The van der Waals surface area contributed by atoms with Crippen LogP contribution in [0.3, 0.4) is 0 Å². The zero-order valence-electron chi connectivity index (χ0n) is 9.43. The first-order valence-corrected chi connectivity index (χ1v) is 5.17. The van der Waals surface area contributed by atoms with Crippen molar-refractivity contribution in [2.75, 3.05) is 20.1 Å². The van der Waals surface area contributed by atoms with Gasteiger partial charge in [-0.05, 0) is 39.9 Å². The van der Waals surface area contributed by atoms with Gasteiger partial charge in [0, 0.05) is 0 Å². The van der Waals surface area contributed by atoms with E-state index in [1.54, 1.807) is 0 Å². The average Bonchev–Trinajstić information content (AvgIpc) is 2.12. The van der Waals surface area contributed by atoms with E-state index in [2.05, 4.69) is 38.8 Å². The SMILES string of the molecule is CCC.CN1CCC(C)(C#N)CC1. The predicted molar refractivity (Wildman–Crippen MR) is 56.4 cm³/mol. The molecule has 1 heterocycles. The van der Waals surface area contributed by atoms with Crippen LogP contribution in [0.4, 0.5) is 0 Å². The van der Waals surface area contributed by atoms with Crippen LogP contribution in [0.15, 0.2) is 0 Å². The number of likely N-dealkylation sites (tertiary alicyclic amines) is 1. The summed E-state index contributed by atoms with van der Waals surface area (Å²) in [6.07, 6.45) is 3.31. The number of nitriles is 1. The molecule has 76 valence electrons. The maximum absolute atomic E-state index is 8.77. The Labute approximate surface area is 82.5 Å². The third-order valence-corrected chi connectivity index (χ3v) is 2.36. The molecule has 13 heavy (non-hydrogen) atoms. The molecular formula is C11H22N2. The van der Waals surface area contributed by atoms with Crippen molar-refractivity contribution in [2.24, 2.45) is 5.41 Å². The van der Waals surface area contributed by atoms with Crippen molar-refractivity contribution in [3.63, 3.8) is 0 Å². The van der Waals surface area contributed by atoms with E-state index in [0.29, 0.717) is 0 Å². The van der Waals surface area contributed by atoms with Gasteiger partial charge in [-0.3, -0.25) is 0 Å². The van der Waals surface area contributed by atoms with Crippen molar-refractivity contribution in [1.29, 1.82) is 5.26 Å². The van der Waals surface area contributed by atoms with Crippen LogP contribution in [0.2, 0.25) is 0 Å². The lowest BCUT2D eigenvalue weighted by Crippen LogP contribution is -2.35. The molecule has 0 spiro atoms. The Bertz CT molecular complexity index is 161. The molecule has 2 heteroatoms. The fourth-order valence-corrected chi connectivity index (χ4v) is 1.22. The minimum Gasteiger partial charge on any atom is -0.306 e. The Morgan fingerprint density at radius 2 is 1.69 bits per heavy atom. The van der Waals surface area contributed by atoms with E-state index in [1.165, 1.54) is 6.42 Å². The highest BCUT2D eigenvalue weighted by Gasteiger charge is 2.27. The zero-order chi connectivity index (χ0) is 10.3. The second-order valence-corrected chi connectivity index (χ2v) is 4.18. The summed E-state index contributed by atoms with van der Waals surface area (Å²) < 4.78 is 0. The molecule has 0 aromatic carbocycles. The topological polar surface area (TPSA) is 27.0 Å². The van der Waals surface area contributed by atoms with Crippen molar-refractivity contribution >= 4 is 0 Å². The number of piperidine rings is 1. The molecule has 0 radical (unpaired) electrons. The summed E-state index contributed by atoms with van der Waals surface area (Å²) in [5.41, 5.74) is -0.0352. The normalized spacial score (nSPS) is 21.2. The molecular weight excluding hydrogens is 160 g/mol. The first kappa shape index (κ1) is 12.4. The second kappa shape index (κ2) is 5.99. The number of nitrogens with zero attached hydrogens (tertiary/aromatic N) is 2. The molecule has 0 bridgehead atoms. The van der Waals surface area contributed by atoms with Gasteiger partial charge in [-0.2, -0.15) is 5.26 Å². The van der Waals surface area contributed by atoms with Crippen LogP contribution in [0.5, 0.6) is 0 Å². The molecule has 1 rings (SSSR count). The molecule has 0 aliphatic carbocycles. The lowest BCUT2D eigenvalue weighted by Gasteiger charge is -2.32. The molecule has 0 atom stereocenters. The minimum absolute atomic E-state index is 0.0352. The highest BCUT2D eigenvalue weighted by Crippen LogP contribution is 2.28. The van der Waals surface area contributed by atoms with E-state index >= 15 is 0 Å². The molecule has 1 fully saturated rings. The average molecular weight is 182 g/mol. The Morgan fingerprint density at radius 1 is 1.31 bits per heavy atom. The van der Waals surface area contributed by atoms with Crippen LogP contribution >= 0.6 is 0 Å². The van der Waals surface area contributed by atoms with Crippen LogP contribution in [-0.2, 0) is 0 Å². The van der Waals surface area contributed by atoms with Crippen LogP contribution in [0.1, 0.15) is 40.0 Å². The fraction of sp³-hybridized carbons (Fsp3) is 0.909. The number of rotatable bonds is 0. The highest BCUT2D eigenvalue weighted by molar-refractivity contribution is 4.98. The summed E-state index contributed by atoms with van der Waals surface area (Å²) in [5.74, 6) is 0. The van der Waals surface area contributed by atoms with Crippen LogP contribution in [0, 0.1) is 16.7 Å². The predicted octanol–water partition coefficient (Wildman–Crippen LogP) is 2.66. The van der Waals surface area contributed by atoms with Gasteiger partial charge in [-0.1, -0.05) is 20.3 Å². The third-order valence-electron chi connectivity index (χ3n) is 2.36. The van der Waals surface area contributed by atoms with Gasteiger partial charge in [0.1, 0.15) is 0 Å². The van der Waals surface area contributed by atoms with Crippen LogP contribution in [0.25, 0.3) is 0 Å². The van der Waals surface area contributed by atoms with Gasteiger partial charge < -0.3 is 4.90 Å².